The number of nitrogens with zero attached hydrogens (tertiary/aromatic N) is 2. The molecule has 0 aromatic heterocycles. The second-order valence-electron chi connectivity index (χ2n) is 10.6. The molecule has 0 aromatic carbocycles. The predicted molar refractivity (Wildman–Crippen MR) is 146 cm³/mol. The smallest absolute Gasteiger partial charge is 0.0639 e. The van der Waals surface area contributed by atoms with Crippen LogP contribution in [-0.2, 0) is 0 Å². The quantitative estimate of drug-likeness (QED) is 0.133. The lowest BCUT2D eigenvalue weighted by Crippen LogP contribution is -2.34. The van der Waals surface area contributed by atoms with E-state index in [1.165, 1.54) is 109 Å². The first-order valence-electron chi connectivity index (χ1n) is 14.8. The Morgan fingerprint density at radius 1 is 0.424 bits per heavy atom. The van der Waals surface area contributed by atoms with Crippen molar-refractivity contribution >= 4 is 0 Å². The molecule has 0 spiro atoms. The molecule has 0 fully saturated rings. The number of aliphatic hydroxyl groups excluding tert-OH is 2. The van der Waals surface area contributed by atoms with Gasteiger partial charge in [0, 0.05) is 13.1 Å². The zero-order chi connectivity index (χ0) is 24.6. The molecular formula is C29H62N2O2. The van der Waals surface area contributed by atoms with Gasteiger partial charge in [-0.2, -0.15) is 0 Å². The minimum atomic E-state index is -0.238. The lowest BCUT2D eigenvalue weighted by Gasteiger charge is -2.25. The summed E-state index contributed by atoms with van der Waals surface area (Å²) in [5.41, 5.74) is 0. The maximum absolute atomic E-state index is 9.87. The average molecular weight is 471 g/mol. The van der Waals surface area contributed by atoms with Crippen molar-refractivity contribution in [2.24, 2.45) is 0 Å². The highest BCUT2D eigenvalue weighted by molar-refractivity contribution is 4.65. The van der Waals surface area contributed by atoms with Crippen molar-refractivity contribution in [3.8, 4) is 0 Å². The Labute approximate surface area is 208 Å². The van der Waals surface area contributed by atoms with Crippen LogP contribution in [0.25, 0.3) is 0 Å². The van der Waals surface area contributed by atoms with E-state index in [1.807, 2.05) is 13.8 Å². The van der Waals surface area contributed by atoms with Crippen LogP contribution < -0.4 is 0 Å². The maximum atomic E-state index is 9.87. The molecule has 0 aliphatic rings. The number of hydrogen-bond donors (Lipinski definition) is 2. The summed E-state index contributed by atoms with van der Waals surface area (Å²) in [4.78, 5) is 4.95. The van der Waals surface area contributed by atoms with Crippen LogP contribution in [0.15, 0.2) is 0 Å². The van der Waals surface area contributed by atoms with Gasteiger partial charge in [-0.25, -0.2) is 0 Å². The van der Waals surface area contributed by atoms with Crippen LogP contribution in [0.3, 0.4) is 0 Å². The molecule has 4 heteroatoms. The molecule has 0 aromatic rings. The van der Waals surface area contributed by atoms with E-state index in [-0.39, 0.29) is 12.2 Å². The standard InChI is InChI=1S/C29H62N2O2/c1-5-7-9-11-13-15-18-22-30(26-28(3)32)24-20-17-21-25-31(27-29(4)33)23-19-16-14-12-10-8-6-2/h28-29,32-33H,5-27H2,1-4H3. The van der Waals surface area contributed by atoms with Gasteiger partial charge in [0.1, 0.15) is 0 Å². The molecule has 0 saturated heterocycles. The Bertz CT molecular complexity index is 343. The van der Waals surface area contributed by atoms with E-state index in [9.17, 15) is 10.2 Å². The van der Waals surface area contributed by atoms with Crippen molar-refractivity contribution in [3.05, 3.63) is 0 Å². The van der Waals surface area contributed by atoms with Crippen LogP contribution >= 0.6 is 0 Å². The molecule has 2 atom stereocenters. The third-order valence-corrected chi connectivity index (χ3v) is 6.65. The van der Waals surface area contributed by atoms with Crippen molar-refractivity contribution in [1.29, 1.82) is 0 Å². The van der Waals surface area contributed by atoms with Gasteiger partial charge in [0.15, 0.2) is 0 Å². The summed E-state index contributed by atoms with van der Waals surface area (Å²) in [6.07, 6.45) is 22.0. The molecular weight excluding hydrogens is 408 g/mol. The van der Waals surface area contributed by atoms with Gasteiger partial charge in [0.25, 0.3) is 0 Å². The normalized spacial score (nSPS) is 13.8. The van der Waals surface area contributed by atoms with Gasteiger partial charge in [-0.1, -0.05) is 97.3 Å². The first-order chi connectivity index (χ1) is 16.0. The summed E-state index contributed by atoms with van der Waals surface area (Å²) in [6, 6.07) is 0. The van der Waals surface area contributed by atoms with Gasteiger partial charge >= 0.3 is 0 Å². The molecule has 4 nitrogen and oxygen atoms in total. The van der Waals surface area contributed by atoms with Crippen LogP contribution in [0.1, 0.15) is 137 Å². The highest BCUT2D eigenvalue weighted by Gasteiger charge is 2.10. The monoisotopic (exact) mass is 470 g/mol. The number of aliphatic hydroxyl groups is 2. The number of unbranched alkanes of at least 4 members (excludes halogenated alkanes) is 14. The summed E-state index contributed by atoms with van der Waals surface area (Å²) >= 11 is 0. The van der Waals surface area contributed by atoms with E-state index in [0.717, 1.165) is 39.3 Å². The minimum Gasteiger partial charge on any atom is -0.392 e. The first kappa shape index (κ1) is 32.8. The summed E-state index contributed by atoms with van der Waals surface area (Å²) in [5, 5.41) is 19.7. The Morgan fingerprint density at radius 2 is 0.667 bits per heavy atom. The zero-order valence-corrected chi connectivity index (χ0v) is 23.2. The van der Waals surface area contributed by atoms with Crippen molar-refractivity contribution in [1.82, 2.24) is 9.80 Å². The van der Waals surface area contributed by atoms with Gasteiger partial charge < -0.3 is 20.0 Å². The zero-order valence-electron chi connectivity index (χ0n) is 23.2. The Balaban J connectivity index is 3.99. The fourth-order valence-electron chi connectivity index (χ4n) is 4.77. The third kappa shape index (κ3) is 24.8. The molecule has 200 valence electrons. The molecule has 0 saturated carbocycles. The lowest BCUT2D eigenvalue weighted by atomic mass is 10.1. The average Bonchev–Trinajstić information content (AvgIpc) is 2.76. The van der Waals surface area contributed by atoms with Crippen LogP contribution in [0.4, 0.5) is 0 Å². The van der Waals surface area contributed by atoms with Crippen molar-refractivity contribution in [2.45, 2.75) is 149 Å². The summed E-state index contributed by atoms with van der Waals surface area (Å²) < 4.78 is 0. The largest absolute Gasteiger partial charge is 0.392 e. The molecule has 0 amide bonds. The Hall–Kier alpha value is -0.160. The second-order valence-corrected chi connectivity index (χ2v) is 10.6. The van der Waals surface area contributed by atoms with E-state index >= 15 is 0 Å². The fraction of sp³-hybridized carbons (Fsp3) is 1.00. The Morgan fingerprint density at radius 3 is 0.939 bits per heavy atom. The van der Waals surface area contributed by atoms with Crippen molar-refractivity contribution in [3.63, 3.8) is 0 Å². The molecule has 0 rings (SSSR count). The molecule has 0 aliphatic heterocycles. The van der Waals surface area contributed by atoms with Crippen LogP contribution in [0, 0.1) is 0 Å². The van der Waals surface area contributed by atoms with E-state index in [2.05, 4.69) is 23.6 Å². The SMILES string of the molecule is CCCCCCCCCN(CCCCCN(CCCCCCCCC)CC(C)O)CC(C)O. The molecule has 0 heterocycles. The van der Waals surface area contributed by atoms with Gasteiger partial charge in [-0.15, -0.1) is 0 Å². The topological polar surface area (TPSA) is 46.9 Å². The molecule has 2 N–H and O–H groups in total. The van der Waals surface area contributed by atoms with E-state index in [4.69, 9.17) is 0 Å². The molecule has 33 heavy (non-hydrogen) atoms. The molecule has 0 bridgehead atoms. The summed E-state index contributed by atoms with van der Waals surface area (Å²) in [5.74, 6) is 0. The molecule has 0 aliphatic carbocycles. The summed E-state index contributed by atoms with van der Waals surface area (Å²) in [6.45, 7) is 14.5. The molecule has 2 unspecified atom stereocenters. The van der Waals surface area contributed by atoms with Crippen molar-refractivity contribution in [2.75, 3.05) is 39.3 Å². The van der Waals surface area contributed by atoms with Crippen LogP contribution in [-0.4, -0.2) is 71.5 Å². The maximum Gasteiger partial charge on any atom is 0.0639 e. The highest BCUT2D eigenvalue weighted by Crippen LogP contribution is 2.11. The minimum absolute atomic E-state index is 0.238. The van der Waals surface area contributed by atoms with E-state index < -0.39 is 0 Å². The number of hydrogen-bond acceptors (Lipinski definition) is 4. The van der Waals surface area contributed by atoms with Gasteiger partial charge in [-0.3, -0.25) is 0 Å². The van der Waals surface area contributed by atoms with E-state index in [0.29, 0.717) is 0 Å². The van der Waals surface area contributed by atoms with Crippen LogP contribution in [0.2, 0.25) is 0 Å². The van der Waals surface area contributed by atoms with E-state index in [1.54, 1.807) is 0 Å². The van der Waals surface area contributed by atoms with Crippen molar-refractivity contribution < 1.29 is 10.2 Å². The van der Waals surface area contributed by atoms with Crippen LogP contribution in [0.5, 0.6) is 0 Å². The van der Waals surface area contributed by atoms with Gasteiger partial charge in [-0.05, 0) is 65.7 Å². The fourth-order valence-corrected chi connectivity index (χ4v) is 4.77. The third-order valence-electron chi connectivity index (χ3n) is 6.65. The highest BCUT2D eigenvalue weighted by atomic mass is 16.3. The number of rotatable bonds is 26. The van der Waals surface area contributed by atoms with Gasteiger partial charge in [0.05, 0.1) is 12.2 Å². The Kier molecular flexibility index (Phi) is 24.8. The second kappa shape index (κ2) is 24.9. The summed E-state index contributed by atoms with van der Waals surface area (Å²) in [7, 11) is 0. The first-order valence-corrected chi connectivity index (χ1v) is 14.8. The lowest BCUT2D eigenvalue weighted by molar-refractivity contribution is 0.119. The molecule has 0 radical (unpaired) electrons. The predicted octanol–water partition coefficient (Wildman–Crippen LogP) is 7.02. The van der Waals surface area contributed by atoms with Gasteiger partial charge in [0.2, 0.25) is 0 Å².